The maximum Gasteiger partial charge on any atom is 0.238 e. The molecule has 3 rings (SSSR count). The van der Waals surface area contributed by atoms with Crippen LogP contribution in [0.5, 0.6) is 5.75 Å². The third-order valence-corrected chi connectivity index (χ3v) is 5.43. The number of aromatic nitrogens is 3. The Labute approximate surface area is 164 Å². The van der Waals surface area contributed by atoms with E-state index < -0.39 is 5.25 Å². The molecule has 0 bridgehead atoms. The van der Waals surface area contributed by atoms with Crippen LogP contribution in [0.3, 0.4) is 0 Å². The quantitative estimate of drug-likeness (QED) is 0.587. The number of carbonyl (C=O) groups is 1. The van der Waals surface area contributed by atoms with Gasteiger partial charge in [-0.2, -0.15) is 5.26 Å². The number of nitrogens with one attached hydrogen (secondary N) is 2. The van der Waals surface area contributed by atoms with E-state index in [0.717, 1.165) is 11.3 Å². The topological polar surface area (TPSA) is 104 Å². The van der Waals surface area contributed by atoms with Crippen LogP contribution in [-0.4, -0.2) is 26.3 Å². The summed E-state index contributed by atoms with van der Waals surface area (Å²) in [5, 5.41) is 21.1. The van der Waals surface area contributed by atoms with Crippen molar-refractivity contribution in [3.05, 3.63) is 52.7 Å². The van der Waals surface area contributed by atoms with E-state index in [1.165, 1.54) is 23.1 Å². The van der Waals surface area contributed by atoms with E-state index in [1.807, 2.05) is 37.3 Å². The number of rotatable bonds is 7. The number of aromatic amines is 1. The van der Waals surface area contributed by atoms with Gasteiger partial charge in [0, 0.05) is 0 Å². The first kappa shape index (κ1) is 18.9. The van der Waals surface area contributed by atoms with Gasteiger partial charge in [-0.15, -0.1) is 16.4 Å². The van der Waals surface area contributed by atoms with E-state index in [-0.39, 0.29) is 12.5 Å². The normalized spacial score (nSPS) is 11.6. The summed E-state index contributed by atoms with van der Waals surface area (Å²) in [4.78, 5) is 16.7. The number of para-hydroxylation sites is 1. The Hall–Kier alpha value is -2.83. The number of ether oxygens (including phenoxy) is 1. The molecule has 3 aromatic rings. The number of hydrogen-bond acceptors (Lipinski definition) is 7. The molecule has 0 aliphatic heterocycles. The van der Waals surface area contributed by atoms with Crippen molar-refractivity contribution in [1.82, 2.24) is 15.2 Å². The maximum absolute atomic E-state index is 12.3. The van der Waals surface area contributed by atoms with Crippen molar-refractivity contribution in [1.29, 1.82) is 5.26 Å². The number of carbonyl (C=O) groups excluding carboxylic acids is 1. The zero-order valence-corrected chi connectivity index (χ0v) is 16.4. The summed E-state index contributed by atoms with van der Waals surface area (Å²) in [5.74, 6) is 1.17. The van der Waals surface area contributed by atoms with E-state index in [9.17, 15) is 4.79 Å². The molecule has 7 nitrogen and oxygen atoms in total. The number of H-pyrrole nitrogens is 1. The second kappa shape index (κ2) is 8.70. The molecule has 0 aliphatic carbocycles. The molecule has 0 saturated heterocycles. The molecule has 9 heteroatoms. The van der Waals surface area contributed by atoms with Crippen LogP contribution in [0.4, 0.5) is 5.00 Å². The Balaban J connectivity index is 1.54. The predicted molar refractivity (Wildman–Crippen MR) is 105 cm³/mol. The molecule has 0 fully saturated rings. The van der Waals surface area contributed by atoms with Crippen molar-refractivity contribution < 1.29 is 9.53 Å². The Morgan fingerprint density at radius 3 is 3.04 bits per heavy atom. The van der Waals surface area contributed by atoms with Crippen LogP contribution in [0, 0.1) is 18.3 Å². The Kier molecular flexibility index (Phi) is 6.11. The highest BCUT2D eigenvalue weighted by molar-refractivity contribution is 8.00. The van der Waals surface area contributed by atoms with Crippen molar-refractivity contribution in [2.24, 2.45) is 0 Å². The third-order valence-electron chi connectivity index (χ3n) is 3.64. The highest BCUT2D eigenvalue weighted by Crippen LogP contribution is 2.25. The Bertz CT molecular complexity index is 976. The summed E-state index contributed by atoms with van der Waals surface area (Å²) in [6.07, 6.45) is 0. The van der Waals surface area contributed by atoms with E-state index in [2.05, 4.69) is 20.5 Å². The van der Waals surface area contributed by atoms with Gasteiger partial charge < -0.3 is 10.1 Å². The average Bonchev–Trinajstić information content (AvgIpc) is 3.30. The maximum atomic E-state index is 12.3. The lowest BCUT2D eigenvalue weighted by Crippen LogP contribution is -2.22. The largest absolute Gasteiger partial charge is 0.485 e. The number of anilines is 1. The summed E-state index contributed by atoms with van der Waals surface area (Å²) >= 11 is 2.55. The fourth-order valence-corrected chi connectivity index (χ4v) is 3.66. The van der Waals surface area contributed by atoms with Gasteiger partial charge in [0.15, 0.2) is 5.82 Å². The number of hydrogen-bond donors (Lipinski definition) is 2. The third kappa shape index (κ3) is 4.87. The molecule has 0 saturated carbocycles. The molecule has 2 N–H and O–H groups in total. The number of benzene rings is 1. The Morgan fingerprint density at radius 2 is 2.26 bits per heavy atom. The first-order valence-electron chi connectivity index (χ1n) is 8.11. The lowest BCUT2D eigenvalue weighted by molar-refractivity contribution is -0.115. The fourth-order valence-electron chi connectivity index (χ4n) is 2.18. The second-order valence-electron chi connectivity index (χ2n) is 5.64. The van der Waals surface area contributed by atoms with Crippen LogP contribution in [0.25, 0.3) is 0 Å². The van der Waals surface area contributed by atoms with Crippen molar-refractivity contribution in [2.75, 3.05) is 5.32 Å². The summed E-state index contributed by atoms with van der Waals surface area (Å²) in [6.45, 7) is 4.00. The highest BCUT2D eigenvalue weighted by atomic mass is 32.2. The van der Waals surface area contributed by atoms with Gasteiger partial charge in [0.25, 0.3) is 0 Å². The molecule has 138 valence electrons. The van der Waals surface area contributed by atoms with Gasteiger partial charge in [-0.1, -0.05) is 30.0 Å². The van der Waals surface area contributed by atoms with Crippen LogP contribution < -0.4 is 10.1 Å². The van der Waals surface area contributed by atoms with E-state index in [4.69, 9.17) is 10.00 Å². The van der Waals surface area contributed by atoms with Gasteiger partial charge in [0.1, 0.15) is 23.4 Å². The van der Waals surface area contributed by atoms with Gasteiger partial charge in [0.2, 0.25) is 11.1 Å². The van der Waals surface area contributed by atoms with Crippen LogP contribution >= 0.6 is 23.1 Å². The SMILES string of the molecule is Cc1ccccc1OCc1nc(S[C@@H](C)C(=O)Nc2sccc2C#N)n[nH]1. The minimum absolute atomic E-state index is 0.207. The van der Waals surface area contributed by atoms with Crippen molar-refractivity contribution >= 4 is 34.0 Å². The summed E-state index contributed by atoms with van der Waals surface area (Å²) in [7, 11) is 0. The van der Waals surface area contributed by atoms with Crippen LogP contribution in [-0.2, 0) is 11.4 Å². The standard InChI is InChI=1S/C18H17N5O2S2/c1-11-5-3-4-6-14(11)25-10-15-20-18(23-22-15)27-12(2)16(24)21-17-13(9-19)7-8-26-17/h3-8,12H,10H2,1-2H3,(H,21,24)(H,20,22,23)/t12-/m0/s1. The highest BCUT2D eigenvalue weighted by Gasteiger charge is 2.19. The monoisotopic (exact) mass is 399 g/mol. The molecular weight excluding hydrogens is 382 g/mol. The predicted octanol–water partition coefficient (Wildman–Crippen LogP) is 3.74. The van der Waals surface area contributed by atoms with Crippen LogP contribution in [0.1, 0.15) is 23.9 Å². The molecule has 0 unspecified atom stereocenters. The first-order chi connectivity index (χ1) is 13.1. The van der Waals surface area contributed by atoms with E-state index in [1.54, 1.807) is 18.4 Å². The zero-order valence-electron chi connectivity index (χ0n) is 14.7. The van der Waals surface area contributed by atoms with Gasteiger partial charge in [-0.05, 0) is 36.9 Å². The summed E-state index contributed by atoms with van der Waals surface area (Å²) in [6, 6.07) is 11.5. The molecular formula is C18H17N5O2S2. The van der Waals surface area contributed by atoms with Crippen molar-refractivity contribution in [3.63, 3.8) is 0 Å². The van der Waals surface area contributed by atoms with Crippen LogP contribution in [0.15, 0.2) is 40.9 Å². The number of aryl methyl sites for hydroxylation is 1. The molecule has 0 spiro atoms. The molecule has 2 aromatic heterocycles. The zero-order chi connectivity index (χ0) is 19.2. The van der Waals surface area contributed by atoms with Crippen molar-refractivity contribution in [2.45, 2.75) is 30.9 Å². The van der Waals surface area contributed by atoms with Gasteiger partial charge in [-0.25, -0.2) is 4.98 Å². The molecule has 27 heavy (non-hydrogen) atoms. The number of thiophene rings is 1. The molecule has 1 aromatic carbocycles. The molecule has 2 heterocycles. The summed E-state index contributed by atoms with van der Waals surface area (Å²) < 4.78 is 5.73. The molecule has 0 radical (unpaired) electrons. The van der Waals surface area contributed by atoms with E-state index in [0.29, 0.717) is 21.5 Å². The van der Waals surface area contributed by atoms with Gasteiger partial charge in [0.05, 0.1) is 10.8 Å². The average molecular weight is 400 g/mol. The second-order valence-corrected chi connectivity index (χ2v) is 7.87. The molecule has 1 atom stereocenters. The fraction of sp³-hybridized carbons (Fsp3) is 0.222. The number of amides is 1. The minimum Gasteiger partial charge on any atom is -0.485 e. The first-order valence-corrected chi connectivity index (χ1v) is 9.87. The number of thioether (sulfide) groups is 1. The molecule has 0 aliphatic rings. The lowest BCUT2D eigenvalue weighted by Gasteiger charge is -2.08. The Morgan fingerprint density at radius 1 is 1.44 bits per heavy atom. The number of nitriles is 1. The smallest absolute Gasteiger partial charge is 0.238 e. The van der Waals surface area contributed by atoms with Crippen LogP contribution in [0.2, 0.25) is 0 Å². The number of nitrogens with zero attached hydrogens (tertiary/aromatic N) is 3. The molecule has 1 amide bonds. The lowest BCUT2D eigenvalue weighted by atomic mass is 10.2. The van der Waals surface area contributed by atoms with E-state index >= 15 is 0 Å². The van der Waals surface area contributed by atoms with Crippen molar-refractivity contribution in [3.8, 4) is 11.8 Å². The van der Waals surface area contributed by atoms with Gasteiger partial charge >= 0.3 is 0 Å². The van der Waals surface area contributed by atoms with Gasteiger partial charge in [-0.3, -0.25) is 9.89 Å². The minimum atomic E-state index is -0.417. The summed E-state index contributed by atoms with van der Waals surface area (Å²) in [5.41, 5.74) is 1.50.